The lowest BCUT2D eigenvalue weighted by Gasteiger charge is -2.29. The Morgan fingerprint density at radius 2 is 1.96 bits per heavy atom. The summed E-state index contributed by atoms with van der Waals surface area (Å²) in [7, 11) is -3.62. The van der Waals surface area contributed by atoms with E-state index in [4.69, 9.17) is 9.47 Å². The molecule has 1 aromatic carbocycles. The van der Waals surface area contributed by atoms with Gasteiger partial charge in [0.05, 0.1) is 5.41 Å². The molecule has 1 unspecified atom stereocenters. The maximum Gasteiger partial charge on any atom is 0.231 e. The van der Waals surface area contributed by atoms with Crippen LogP contribution in [0.2, 0.25) is 0 Å². The molecule has 0 spiro atoms. The van der Waals surface area contributed by atoms with Gasteiger partial charge in [-0.05, 0) is 30.8 Å². The van der Waals surface area contributed by atoms with Crippen molar-refractivity contribution in [3.05, 3.63) is 35.1 Å². The molecule has 0 radical (unpaired) electrons. The highest BCUT2D eigenvalue weighted by molar-refractivity contribution is 7.94. The predicted octanol–water partition coefficient (Wildman–Crippen LogP) is 1.84. The Kier molecular flexibility index (Phi) is 4.60. The molecule has 0 saturated heterocycles. The molecule has 0 saturated carbocycles. The molecule has 2 aliphatic heterocycles. The van der Waals surface area contributed by atoms with Gasteiger partial charge in [-0.2, -0.15) is 0 Å². The molecular weight excluding hydrogens is 332 g/mol. The molecular formula is C16H22N2O5S. The molecule has 24 heavy (non-hydrogen) atoms. The van der Waals surface area contributed by atoms with E-state index < -0.39 is 15.2 Å². The van der Waals surface area contributed by atoms with E-state index in [1.807, 2.05) is 0 Å². The second-order valence-corrected chi connectivity index (χ2v) is 7.61. The van der Waals surface area contributed by atoms with Crippen molar-refractivity contribution in [3.63, 3.8) is 0 Å². The number of likely N-dealkylation sites (N-methyl/N-ethyl adjacent to an activating group) is 1. The first-order valence-electron chi connectivity index (χ1n) is 7.99. The minimum Gasteiger partial charge on any atom is -0.494 e. The van der Waals surface area contributed by atoms with Crippen LogP contribution in [0.1, 0.15) is 24.8 Å². The van der Waals surface area contributed by atoms with Gasteiger partial charge in [0.15, 0.2) is 22.8 Å². The van der Waals surface area contributed by atoms with Gasteiger partial charge in [-0.25, -0.2) is 8.42 Å². The first-order chi connectivity index (χ1) is 11.5. The number of rotatable bonds is 6. The molecule has 0 aromatic heterocycles. The Labute approximate surface area is 142 Å². The van der Waals surface area contributed by atoms with E-state index in [-0.39, 0.29) is 12.7 Å². The van der Waals surface area contributed by atoms with Crippen LogP contribution in [-0.2, 0) is 9.84 Å². The van der Waals surface area contributed by atoms with E-state index in [1.165, 1.54) is 4.90 Å². The Balaban J connectivity index is 1.88. The zero-order valence-electron chi connectivity index (χ0n) is 13.8. The van der Waals surface area contributed by atoms with Crippen molar-refractivity contribution in [1.82, 2.24) is 9.80 Å². The third-order valence-corrected chi connectivity index (χ3v) is 6.08. The van der Waals surface area contributed by atoms with E-state index in [1.54, 1.807) is 18.2 Å². The fourth-order valence-electron chi connectivity index (χ4n) is 3.03. The van der Waals surface area contributed by atoms with Crippen molar-refractivity contribution in [2.45, 2.75) is 19.2 Å². The molecule has 7 nitrogen and oxygen atoms in total. The van der Waals surface area contributed by atoms with Crippen molar-refractivity contribution < 1.29 is 23.0 Å². The quantitative estimate of drug-likeness (QED) is 0.835. The summed E-state index contributed by atoms with van der Waals surface area (Å²) in [6, 6.07) is 5.07. The largest absolute Gasteiger partial charge is 0.494 e. The van der Waals surface area contributed by atoms with E-state index in [2.05, 4.69) is 18.7 Å². The fraction of sp³-hybridized carbons (Fsp3) is 0.500. The smallest absolute Gasteiger partial charge is 0.231 e. The molecule has 0 aliphatic carbocycles. The number of sulfone groups is 1. The van der Waals surface area contributed by atoms with Crippen LogP contribution in [0.3, 0.4) is 0 Å². The number of nitrogens with zero attached hydrogens (tertiary/aromatic N) is 2. The Bertz CT molecular complexity index is 743. The molecule has 132 valence electrons. The van der Waals surface area contributed by atoms with Crippen LogP contribution in [0.15, 0.2) is 29.5 Å². The first-order valence-corrected chi connectivity index (χ1v) is 9.60. The van der Waals surface area contributed by atoms with E-state index in [0.29, 0.717) is 30.2 Å². The number of aliphatic hydroxyl groups excluding tert-OH is 1. The molecule has 8 heteroatoms. The molecule has 1 N–H and O–H groups in total. The molecule has 1 atom stereocenters. The van der Waals surface area contributed by atoms with Gasteiger partial charge in [0.25, 0.3) is 0 Å². The molecule has 0 amide bonds. The third-order valence-electron chi connectivity index (χ3n) is 4.39. The molecule has 0 bridgehead atoms. The monoisotopic (exact) mass is 354 g/mol. The minimum atomic E-state index is -3.62. The summed E-state index contributed by atoms with van der Waals surface area (Å²) in [5.74, 6) is 0.906. The summed E-state index contributed by atoms with van der Waals surface area (Å²) in [4.78, 5) is 3.69. The van der Waals surface area contributed by atoms with Crippen LogP contribution >= 0.6 is 0 Å². The van der Waals surface area contributed by atoms with Gasteiger partial charge in [0.2, 0.25) is 16.6 Å². The number of fused-ring (bicyclic) bond motifs is 1. The average molecular weight is 354 g/mol. The number of hydrogen-bond acceptors (Lipinski definition) is 7. The van der Waals surface area contributed by atoms with Crippen LogP contribution < -0.4 is 9.47 Å². The van der Waals surface area contributed by atoms with Crippen molar-refractivity contribution in [2.75, 3.05) is 33.0 Å². The Hall–Kier alpha value is -1.93. The number of aliphatic hydroxyl groups is 1. The SMILES string of the molecule is CCN(CC)CCN1C(O)=CS(=O)(=O)C1c1ccc2c(c1)OCO2. The highest BCUT2D eigenvalue weighted by atomic mass is 32.2. The summed E-state index contributed by atoms with van der Waals surface area (Å²) in [6.45, 7) is 7.06. The highest BCUT2D eigenvalue weighted by Crippen LogP contribution is 2.41. The van der Waals surface area contributed by atoms with Crippen LogP contribution in [0.25, 0.3) is 0 Å². The van der Waals surface area contributed by atoms with Gasteiger partial charge in [0, 0.05) is 13.1 Å². The van der Waals surface area contributed by atoms with Crippen molar-refractivity contribution in [2.24, 2.45) is 0 Å². The van der Waals surface area contributed by atoms with Crippen molar-refractivity contribution in [3.8, 4) is 11.5 Å². The summed E-state index contributed by atoms with van der Waals surface area (Å²) < 4.78 is 35.6. The van der Waals surface area contributed by atoms with Gasteiger partial charge in [-0.15, -0.1) is 0 Å². The predicted molar refractivity (Wildman–Crippen MR) is 89.4 cm³/mol. The molecule has 3 rings (SSSR count). The summed E-state index contributed by atoms with van der Waals surface area (Å²) in [5.41, 5.74) is 0.555. The molecule has 2 heterocycles. The zero-order chi connectivity index (χ0) is 17.3. The van der Waals surface area contributed by atoms with Crippen LogP contribution in [-0.4, -0.2) is 56.3 Å². The third kappa shape index (κ3) is 3.03. The van der Waals surface area contributed by atoms with Crippen molar-refractivity contribution in [1.29, 1.82) is 0 Å². The van der Waals surface area contributed by atoms with Crippen LogP contribution in [0.5, 0.6) is 11.5 Å². The summed E-state index contributed by atoms with van der Waals surface area (Å²) in [6.07, 6.45) is 0. The Morgan fingerprint density at radius 3 is 2.67 bits per heavy atom. The maximum absolute atomic E-state index is 12.5. The lowest BCUT2D eigenvalue weighted by atomic mass is 10.2. The lowest BCUT2D eigenvalue weighted by Crippen LogP contribution is -2.36. The number of benzene rings is 1. The average Bonchev–Trinajstić information content (AvgIpc) is 3.09. The van der Waals surface area contributed by atoms with E-state index in [9.17, 15) is 13.5 Å². The van der Waals surface area contributed by atoms with Crippen LogP contribution in [0, 0.1) is 0 Å². The normalized spacial score (nSPS) is 21.4. The maximum atomic E-state index is 12.5. The summed E-state index contributed by atoms with van der Waals surface area (Å²) in [5, 5.41) is 10.1. The van der Waals surface area contributed by atoms with Gasteiger partial charge in [-0.3, -0.25) is 0 Å². The summed E-state index contributed by atoms with van der Waals surface area (Å²) >= 11 is 0. The van der Waals surface area contributed by atoms with E-state index in [0.717, 1.165) is 18.5 Å². The highest BCUT2D eigenvalue weighted by Gasteiger charge is 2.40. The van der Waals surface area contributed by atoms with Crippen LogP contribution in [0.4, 0.5) is 0 Å². The van der Waals surface area contributed by atoms with E-state index >= 15 is 0 Å². The second-order valence-electron chi connectivity index (χ2n) is 5.75. The molecule has 0 fully saturated rings. The van der Waals surface area contributed by atoms with Gasteiger partial charge in [-0.1, -0.05) is 19.9 Å². The molecule has 2 aliphatic rings. The van der Waals surface area contributed by atoms with Crippen molar-refractivity contribution >= 4 is 9.84 Å². The topological polar surface area (TPSA) is 79.3 Å². The second kappa shape index (κ2) is 6.52. The van der Waals surface area contributed by atoms with Gasteiger partial charge < -0.3 is 24.4 Å². The minimum absolute atomic E-state index is 0.130. The van der Waals surface area contributed by atoms with Gasteiger partial charge in [0.1, 0.15) is 0 Å². The number of hydrogen-bond donors (Lipinski definition) is 1. The first kappa shape index (κ1) is 16.9. The number of ether oxygens (including phenoxy) is 2. The van der Waals surface area contributed by atoms with Gasteiger partial charge >= 0.3 is 0 Å². The lowest BCUT2D eigenvalue weighted by molar-refractivity contribution is 0.168. The molecule has 1 aromatic rings. The fourth-order valence-corrected chi connectivity index (χ4v) is 4.69. The zero-order valence-corrected chi connectivity index (χ0v) is 14.6. The standard InChI is InChI=1S/C16H22N2O5S/c1-3-17(4-2)7-8-18-15(19)10-24(20,21)16(18)12-5-6-13-14(9-12)23-11-22-13/h5-6,9-10,16,19H,3-4,7-8,11H2,1-2H3. The Morgan fingerprint density at radius 1 is 1.25 bits per heavy atom.